The number of ether oxygens (including phenoxy) is 2. The predicted octanol–water partition coefficient (Wildman–Crippen LogP) is 8.00. The molecule has 0 aliphatic heterocycles. The molecule has 14 nitrogen and oxygen atoms in total. The van der Waals surface area contributed by atoms with Gasteiger partial charge in [0.15, 0.2) is 0 Å². The van der Waals surface area contributed by atoms with Crippen LogP contribution in [0.5, 0.6) is 0 Å². The van der Waals surface area contributed by atoms with Crippen molar-refractivity contribution in [2.45, 2.75) is 45.4 Å². The Labute approximate surface area is 344 Å². The summed E-state index contributed by atoms with van der Waals surface area (Å²) >= 11 is 0. The lowest BCUT2D eigenvalue weighted by atomic mass is 10.0. The van der Waals surface area contributed by atoms with E-state index in [0.717, 1.165) is 33.6 Å². The third kappa shape index (κ3) is 9.85. The lowest BCUT2D eigenvalue weighted by Gasteiger charge is -2.28. The van der Waals surface area contributed by atoms with Crippen LogP contribution in [-0.2, 0) is 19.1 Å². The SMILES string of the molecule is C.COC(=O)N[C@@H](C(=O)N(C)[C@@H](C)c1ncc(-c2ccc(-c3ccc(-c4cnc([C@H](C)N(C)C(=O)[C@H](NC(=O)OC)c5ccccc5)[nH]4)cc3)cc2)[nH]1)c1ccccc1. The first-order valence-electron chi connectivity index (χ1n) is 18.6. The van der Waals surface area contributed by atoms with Gasteiger partial charge in [-0.1, -0.05) is 117 Å². The van der Waals surface area contributed by atoms with E-state index in [2.05, 4.69) is 30.6 Å². The summed E-state index contributed by atoms with van der Waals surface area (Å²) in [7, 11) is 5.86. The number of carbonyl (C=O) groups excluding carboxylic acids is 4. The predicted molar refractivity (Wildman–Crippen MR) is 226 cm³/mol. The largest absolute Gasteiger partial charge is 0.453 e. The van der Waals surface area contributed by atoms with Crippen molar-refractivity contribution >= 4 is 24.0 Å². The maximum absolute atomic E-state index is 13.6. The number of nitrogens with one attached hydrogen (secondary N) is 4. The van der Waals surface area contributed by atoms with Crippen LogP contribution in [-0.4, -0.2) is 82.1 Å². The first kappa shape index (κ1) is 42.9. The lowest BCUT2D eigenvalue weighted by Crippen LogP contribution is -2.42. The van der Waals surface area contributed by atoms with E-state index >= 15 is 0 Å². The lowest BCUT2D eigenvalue weighted by molar-refractivity contribution is -0.135. The monoisotopic (exact) mass is 798 g/mol. The third-order valence-electron chi connectivity index (χ3n) is 10.2. The Bertz CT molecular complexity index is 2160. The number of aromatic amines is 2. The zero-order valence-corrected chi connectivity index (χ0v) is 33.1. The van der Waals surface area contributed by atoms with Crippen LogP contribution < -0.4 is 10.6 Å². The van der Waals surface area contributed by atoms with Crippen LogP contribution in [0.4, 0.5) is 9.59 Å². The second-order valence-corrected chi connectivity index (χ2v) is 13.7. The quantitative estimate of drug-likeness (QED) is 0.0909. The number of hydrogen-bond donors (Lipinski definition) is 4. The number of rotatable bonds is 13. The molecule has 6 aromatic rings. The molecule has 4 N–H and O–H groups in total. The number of H-pyrrole nitrogens is 2. The molecule has 4 amide bonds. The van der Waals surface area contributed by atoms with E-state index in [-0.39, 0.29) is 19.2 Å². The Morgan fingerprint density at radius 2 is 0.864 bits per heavy atom. The molecule has 59 heavy (non-hydrogen) atoms. The van der Waals surface area contributed by atoms with Crippen molar-refractivity contribution < 1.29 is 28.7 Å². The Morgan fingerprint density at radius 1 is 0.542 bits per heavy atom. The number of likely N-dealkylation sites (N-methyl/N-ethyl adjacent to an activating group) is 2. The molecule has 0 unspecified atom stereocenters. The molecule has 4 atom stereocenters. The number of nitrogens with zero attached hydrogens (tertiary/aromatic N) is 4. The average molecular weight is 799 g/mol. The van der Waals surface area contributed by atoms with Crippen molar-refractivity contribution in [2.75, 3.05) is 28.3 Å². The molecule has 0 saturated carbocycles. The normalized spacial score (nSPS) is 12.8. The number of methoxy groups -OCH3 is 2. The fourth-order valence-corrected chi connectivity index (χ4v) is 6.45. The molecule has 2 heterocycles. The van der Waals surface area contributed by atoms with Gasteiger partial charge in [0.25, 0.3) is 0 Å². The highest BCUT2D eigenvalue weighted by molar-refractivity contribution is 5.88. The van der Waals surface area contributed by atoms with Crippen molar-refractivity contribution in [1.82, 2.24) is 40.4 Å². The van der Waals surface area contributed by atoms with Crippen molar-refractivity contribution in [1.29, 1.82) is 0 Å². The molecule has 0 spiro atoms. The molecular weight excluding hydrogens is 749 g/mol. The highest BCUT2D eigenvalue weighted by atomic mass is 16.5. The minimum atomic E-state index is -0.931. The Hall–Kier alpha value is -7.22. The maximum atomic E-state index is 13.6. The standard InChI is InChI=1S/C44H46N8O6.CH4/c1-27(51(3)41(53)37(49-43(55)57-5)33-13-9-7-10-14-33)39-45-25-35(47-39)31-21-17-29(18-22-31)30-19-23-32(24-20-30)36-26-46-40(48-36)28(2)52(4)42(54)38(50-44(56)58-6)34-15-11-8-12-16-34;/h7-28,37-38H,1-6H3,(H,45,47)(H,46,48)(H,49,55)(H,50,56);1H4/t27-,28-,37+,38+;/m0./s1. The third-order valence-corrected chi connectivity index (χ3v) is 10.2. The van der Waals surface area contributed by atoms with Crippen LogP contribution in [0.25, 0.3) is 33.6 Å². The van der Waals surface area contributed by atoms with Gasteiger partial charge < -0.3 is 39.9 Å². The van der Waals surface area contributed by atoms with Crippen molar-refractivity contribution in [3.63, 3.8) is 0 Å². The van der Waals surface area contributed by atoms with E-state index in [4.69, 9.17) is 9.47 Å². The first-order chi connectivity index (χ1) is 28.0. The van der Waals surface area contributed by atoms with E-state index in [1.54, 1.807) is 84.8 Å². The summed E-state index contributed by atoms with van der Waals surface area (Å²) in [5, 5.41) is 5.29. The zero-order chi connectivity index (χ0) is 41.3. The van der Waals surface area contributed by atoms with Gasteiger partial charge in [-0.3, -0.25) is 9.59 Å². The van der Waals surface area contributed by atoms with Crippen molar-refractivity contribution in [2.24, 2.45) is 0 Å². The molecule has 6 rings (SSSR count). The minimum Gasteiger partial charge on any atom is -0.453 e. The summed E-state index contributed by atoms with van der Waals surface area (Å²) in [5.74, 6) is 0.556. The molecule has 2 aromatic heterocycles. The second kappa shape index (κ2) is 19.3. The Morgan fingerprint density at radius 3 is 1.19 bits per heavy atom. The van der Waals surface area contributed by atoms with Crippen LogP contribution in [0.15, 0.2) is 122 Å². The number of benzene rings is 4. The number of aromatic nitrogens is 4. The van der Waals surface area contributed by atoms with Gasteiger partial charge in [0, 0.05) is 14.1 Å². The second-order valence-electron chi connectivity index (χ2n) is 13.7. The van der Waals surface area contributed by atoms with Gasteiger partial charge in [-0.05, 0) is 47.2 Å². The van der Waals surface area contributed by atoms with Crippen molar-refractivity contribution in [3.8, 4) is 33.6 Å². The fourth-order valence-electron chi connectivity index (χ4n) is 6.45. The van der Waals surface area contributed by atoms with Crippen LogP contribution in [0.3, 0.4) is 0 Å². The summed E-state index contributed by atoms with van der Waals surface area (Å²) in [4.78, 5) is 70.4. The number of alkyl carbamates (subject to hydrolysis) is 2. The number of imidazole rings is 2. The van der Waals surface area contributed by atoms with Gasteiger partial charge >= 0.3 is 12.2 Å². The summed E-state index contributed by atoms with van der Waals surface area (Å²) < 4.78 is 9.54. The topological polar surface area (TPSA) is 175 Å². The fraction of sp³-hybridized carbons (Fsp3) is 0.244. The molecule has 0 aliphatic rings. The van der Waals surface area contributed by atoms with Gasteiger partial charge in [0.2, 0.25) is 11.8 Å². The Balaban J connectivity index is 0.00000661. The number of carbonyl (C=O) groups is 4. The smallest absolute Gasteiger partial charge is 0.407 e. The van der Waals surface area contributed by atoms with E-state index in [9.17, 15) is 19.2 Å². The molecule has 0 bridgehead atoms. The summed E-state index contributed by atoms with van der Waals surface area (Å²) in [5.41, 5.74) is 6.75. The van der Waals surface area contributed by atoms with Crippen LogP contribution >= 0.6 is 0 Å². The maximum Gasteiger partial charge on any atom is 0.407 e. The summed E-state index contributed by atoms with van der Waals surface area (Å²) in [6, 6.07) is 31.5. The zero-order valence-electron chi connectivity index (χ0n) is 33.1. The highest BCUT2D eigenvalue weighted by Crippen LogP contribution is 2.30. The summed E-state index contributed by atoms with van der Waals surface area (Å²) in [6.45, 7) is 3.73. The van der Waals surface area contributed by atoms with Crippen molar-refractivity contribution in [3.05, 3.63) is 144 Å². The molecule has 14 heteroatoms. The van der Waals surface area contributed by atoms with Crippen LogP contribution in [0.1, 0.15) is 68.2 Å². The molecule has 0 saturated heterocycles. The minimum absolute atomic E-state index is 0. The van der Waals surface area contributed by atoms with E-state index < -0.39 is 36.4 Å². The number of hydrogen-bond acceptors (Lipinski definition) is 8. The molecule has 0 aliphatic carbocycles. The van der Waals surface area contributed by atoms with Crippen LogP contribution in [0.2, 0.25) is 0 Å². The van der Waals surface area contributed by atoms with Crippen LogP contribution in [0, 0.1) is 0 Å². The molecule has 4 aromatic carbocycles. The average Bonchev–Trinajstić information content (AvgIpc) is 3.98. The summed E-state index contributed by atoms with van der Waals surface area (Å²) in [6.07, 6.45) is 2.07. The van der Waals surface area contributed by atoms with Gasteiger partial charge in [-0.25, -0.2) is 19.6 Å². The van der Waals surface area contributed by atoms with Gasteiger partial charge in [-0.15, -0.1) is 0 Å². The Kier molecular flexibility index (Phi) is 14.0. The molecule has 0 fully saturated rings. The van der Waals surface area contributed by atoms with E-state index in [1.165, 1.54) is 14.2 Å². The van der Waals surface area contributed by atoms with E-state index in [0.29, 0.717) is 22.8 Å². The first-order valence-corrected chi connectivity index (χ1v) is 18.6. The van der Waals surface area contributed by atoms with Gasteiger partial charge in [-0.2, -0.15) is 0 Å². The van der Waals surface area contributed by atoms with E-state index in [1.807, 2.05) is 74.5 Å². The molecular formula is C45H50N8O6. The molecule has 306 valence electrons. The highest BCUT2D eigenvalue weighted by Gasteiger charge is 2.31. The number of amides is 4. The molecule has 0 radical (unpaired) electrons. The van der Waals surface area contributed by atoms with Gasteiger partial charge in [0.05, 0.1) is 50.1 Å². The van der Waals surface area contributed by atoms with Gasteiger partial charge in [0.1, 0.15) is 23.7 Å².